The van der Waals surface area contributed by atoms with E-state index in [4.69, 9.17) is 0 Å². The Labute approximate surface area is 122 Å². The van der Waals surface area contributed by atoms with Gasteiger partial charge in [-0.2, -0.15) is 5.10 Å². The van der Waals surface area contributed by atoms with Crippen LogP contribution < -0.4 is 0 Å². The smallest absolute Gasteiger partial charge is 0.339 e. The molecule has 0 unspecified atom stereocenters. The molecule has 0 saturated heterocycles. The van der Waals surface area contributed by atoms with Crippen molar-refractivity contribution in [1.82, 2.24) is 9.78 Å². The molecular weight excluding hydrogens is 272 g/mol. The molecule has 2 aromatic rings. The van der Waals surface area contributed by atoms with Crippen molar-refractivity contribution in [3.8, 4) is 10.6 Å². The van der Waals surface area contributed by atoms with Crippen LogP contribution in [0.5, 0.6) is 0 Å². The zero-order valence-corrected chi connectivity index (χ0v) is 12.3. The minimum atomic E-state index is -0.894. The molecule has 3 rings (SSSR count). The molecule has 1 N–H and O–H groups in total. The Morgan fingerprint density at radius 2 is 2.15 bits per heavy atom. The number of thiophene rings is 1. The van der Waals surface area contributed by atoms with Gasteiger partial charge in [0.1, 0.15) is 11.3 Å². The van der Waals surface area contributed by atoms with E-state index in [1.165, 1.54) is 19.3 Å². The van der Waals surface area contributed by atoms with Crippen molar-refractivity contribution in [2.24, 2.45) is 0 Å². The first-order valence-corrected chi connectivity index (χ1v) is 7.91. The Kier molecular flexibility index (Phi) is 3.61. The minimum absolute atomic E-state index is 0.320. The third-order valence-electron chi connectivity index (χ3n) is 3.99. The highest BCUT2D eigenvalue weighted by atomic mass is 32.1. The van der Waals surface area contributed by atoms with Crippen LogP contribution in [0.4, 0.5) is 0 Å². The fourth-order valence-electron chi connectivity index (χ4n) is 2.86. The molecule has 4 nitrogen and oxygen atoms in total. The summed E-state index contributed by atoms with van der Waals surface area (Å²) in [6.07, 6.45) is 7.61. The standard InChI is InChI=1S/C15H18N2O2S/c1-10-7-8-20-14(10)13-12(15(18)19)9-17(16-13)11-5-3-2-4-6-11/h7-9,11H,2-6H2,1H3,(H,18,19). The van der Waals surface area contributed by atoms with E-state index in [-0.39, 0.29) is 0 Å². The summed E-state index contributed by atoms with van der Waals surface area (Å²) >= 11 is 1.56. The Bertz CT molecular complexity index is 624. The number of aromatic nitrogens is 2. The molecule has 1 aliphatic carbocycles. The second-order valence-electron chi connectivity index (χ2n) is 5.40. The van der Waals surface area contributed by atoms with Crippen LogP contribution in [0.1, 0.15) is 54.1 Å². The average Bonchev–Trinajstić information content (AvgIpc) is 3.05. The molecule has 2 heterocycles. The van der Waals surface area contributed by atoms with E-state index >= 15 is 0 Å². The van der Waals surface area contributed by atoms with E-state index in [1.54, 1.807) is 17.5 Å². The molecule has 20 heavy (non-hydrogen) atoms. The van der Waals surface area contributed by atoms with E-state index < -0.39 is 5.97 Å². The first-order chi connectivity index (χ1) is 9.66. The second kappa shape index (κ2) is 5.40. The Morgan fingerprint density at radius 3 is 2.75 bits per heavy atom. The number of aryl methyl sites for hydroxylation is 1. The molecule has 106 valence electrons. The van der Waals surface area contributed by atoms with Gasteiger partial charge in [-0.25, -0.2) is 4.79 Å². The zero-order chi connectivity index (χ0) is 14.1. The maximum absolute atomic E-state index is 11.5. The van der Waals surface area contributed by atoms with Crippen LogP contribution in [0.2, 0.25) is 0 Å². The van der Waals surface area contributed by atoms with Gasteiger partial charge in [0.15, 0.2) is 0 Å². The number of rotatable bonds is 3. The Morgan fingerprint density at radius 1 is 1.40 bits per heavy atom. The maximum atomic E-state index is 11.5. The summed E-state index contributed by atoms with van der Waals surface area (Å²) in [7, 11) is 0. The molecule has 0 aliphatic heterocycles. The summed E-state index contributed by atoms with van der Waals surface area (Å²) in [4.78, 5) is 12.4. The summed E-state index contributed by atoms with van der Waals surface area (Å²) in [5, 5.41) is 16.0. The lowest BCUT2D eigenvalue weighted by atomic mass is 9.96. The molecule has 1 fully saturated rings. The molecular formula is C15H18N2O2S. The fraction of sp³-hybridized carbons (Fsp3) is 0.467. The third-order valence-corrected chi connectivity index (χ3v) is 5.01. The van der Waals surface area contributed by atoms with Crippen molar-refractivity contribution in [1.29, 1.82) is 0 Å². The van der Waals surface area contributed by atoms with Crippen molar-refractivity contribution in [3.05, 3.63) is 28.8 Å². The van der Waals surface area contributed by atoms with Gasteiger partial charge in [0.05, 0.1) is 10.9 Å². The zero-order valence-electron chi connectivity index (χ0n) is 11.5. The fourth-order valence-corrected chi connectivity index (χ4v) is 3.79. The van der Waals surface area contributed by atoms with Crippen molar-refractivity contribution < 1.29 is 9.90 Å². The lowest BCUT2D eigenvalue weighted by Gasteiger charge is -2.21. The minimum Gasteiger partial charge on any atom is -0.478 e. The van der Waals surface area contributed by atoms with E-state index in [0.717, 1.165) is 23.3 Å². The van der Waals surface area contributed by atoms with Crippen LogP contribution in [-0.2, 0) is 0 Å². The van der Waals surface area contributed by atoms with Crippen molar-refractivity contribution in [2.45, 2.75) is 45.1 Å². The molecule has 1 aliphatic rings. The predicted octanol–water partition coefficient (Wildman–Crippen LogP) is 4.12. The molecule has 0 bridgehead atoms. The van der Waals surface area contributed by atoms with Crippen LogP contribution in [0.3, 0.4) is 0 Å². The quantitative estimate of drug-likeness (QED) is 0.925. The number of carboxylic acids is 1. The summed E-state index contributed by atoms with van der Waals surface area (Å²) in [5.41, 5.74) is 2.03. The molecule has 1 saturated carbocycles. The highest BCUT2D eigenvalue weighted by Crippen LogP contribution is 2.34. The third kappa shape index (κ3) is 2.38. The summed E-state index contributed by atoms with van der Waals surface area (Å²) < 4.78 is 1.89. The molecule has 0 aromatic carbocycles. The van der Waals surface area contributed by atoms with E-state index in [2.05, 4.69) is 5.10 Å². The van der Waals surface area contributed by atoms with Crippen LogP contribution in [0.25, 0.3) is 10.6 Å². The molecule has 0 spiro atoms. The molecule has 0 radical (unpaired) electrons. The number of hydrogen-bond acceptors (Lipinski definition) is 3. The number of carboxylic acid groups (broad SMARTS) is 1. The highest BCUT2D eigenvalue weighted by molar-refractivity contribution is 7.13. The van der Waals surface area contributed by atoms with Crippen molar-refractivity contribution in [2.75, 3.05) is 0 Å². The van der Waals surface area contributed by atoms with Crippen LogP contribution in [0.15, 0.2) is 17.6 Å². The van der Waals surface area contributed by atoms with Gasteiger partial charge in [-0.05, 0) is 36.8 Å². The van der Waals surface area contributed by atoms with Gasteiger partial charge in [-0.1, -0.05) is 19.3 Å². The number of nitrogens with zero attached hydrogens (tertiary/aromatic N) is 2. The topological polar surface area (TPSA) is 55.1 Å². The van der Waals surface area contributed by atoms with Crippen molar-refractivity contribution in [3.63, 3.8) is 0 Å². The Balaban J connectivity index is 2.02. The van der Waals surface area contributed by atoms with Gasteiger partial charge in [-0.3, -0.25) is 4.68 Å². The van der Waals surface area contributed by atoms with Gasteiger partial charge in [0.25, 0.3) is 0 Å². The van der Waals surface area contributed by atoms with E-state index in [9.17, 15) is 9.90 Å². The van der Waals surface area contributed by atoms with E-state index in [0.29, 0.717) is 17.3 Å². The molecule has 0 amide bonds. The normalized spacial score (nSPS) is 16.4. The lowest BCUT2D eigenvalue weighted by Crippen LogP contribution is -2.13. The van der Waals surface area contributed by atoms with Gasteiger partial charge in [0.2, 0.25) is 0 Å². The molecule has 5 heteroatoms. The van der Waals surface area contributed by atoms with E-state index in [1.807, 2.05) is 23.1 Å². The van der Waals surface area contributed by atoms with Crippen molar-refractivity contribution >= 4 is 17.3 Å². The first-order valence-electron chi connectivity index (χ1n) is 7.03. The summed E-state index contributed by atoms with van der Waals surface area (Å²) in [6.45, 7) is 2.00. The summed E-state index contributed by atoms with van der Waals surface area (Å²) in [5.74, 6) is -0.894. The number of hydrogen-bond donors (Lipinski definition) is 1. The molecule has 2 aromatic heterocycles. The van der Waals surface area contributed by atoms with Crippen LogP contribution in [0, 0.1) is 6.92 Å². The van der Waals surface area contributed by atoms with Gasteiger partial charge in [0, 0.05) is 6.20 Å². The predicted molar refractivity (Wildman–Crippen MR) is 79.4 cm³/mol. The number of carbonyl (C=O) groups is 1. The van der Waals surface area contributed by atoms with Crippen LogP contribution in [-0.4, -0.2) is 20.9 Å². The van der Waals surface area contributed by atoms with Crippen LogP contribution >= 0.6 is 11.3 Å². The number of aromatic carboxylic acids is 1. The Hall–Kier alpha value is -1.62. The maximum Gasteiger partial charge on any atom is 0.339 e. The largest absolute Gasteiger partial charge is 0.478 e. The highest BCUT2D eigenvalue weighted by Gasteiger charge is 2.23. The monoisotopic (exact) mass is 290 g/mol. The van der Waals surface area contributed by atoms with Gasteiger partial charge >= 0.3 is 5.97 Å². The average molecular weight is 290 g/mol. The SMILES string of the molecule is Cc1ccsc1-c1nn(C2CCCCC2)cc1C(=O)O. The van der Waals surface area contributed by atoms with Gasteiger partial charge in [-0.15, -0.1) is 11.3 Å². The summed E-state index contributed by atoms with van der Waals surface area (Å²) in [6, 6.07) is 2.36. The van der Waals surface area contributed by atoms with Gasteiger partial charge < -0.3 is 5.11 Å². The first kappa shape index (κ1) is 13.4. The second-order valence-corrected chi connectivity index (χ2v) is 6.32. The lowest BCUT2D eigenvalue weighted by molar-refractivity contribution is 0.0697. The molecule has 0 atom stereocenters.